The standard InChI is InChI=1S/C3H8.C2H6O.3CH4/c1-3-2;1-2-3;;;/h3H2,1-2H3;3H,2H2,1H3;3*1H4. The van der Waals surface area contributed by atoms with Crippen molar-refractivity contribution in [3.63, 3.8) is 0 Å². The molecule has 64 valence electrons. The highest BCUT2D eigenvalue weighted by Crippen LogP contribution is 1.56. The Morgan fingerprint density at radius 3 is 0.889 bits per heavy atom. The summed E-state index contributed by atoms with van der Waals surface area (Å²) in [5.41, 5.74) is 0. The number of hydrogen-bond acceptors (Lipinski definition) is 1. The van der Waals surface area contributed by atoms with Crippen molar-refractivity contribution in [2.75, 3.05) is 6.61 Å². The van der Waals surface area contributed by atoms with Gasteiger partial charge in [-0.05, 0) is 6.92 Å². The lowest BCUT2D eigenvalue weighted by Crippen LogP contribution is -1.57. The zero-order valence-electron chi connectivity index (χ0n) is 4.86. The van der Waals surface area contributed by atoms with E-state index in [1.807, 2.05) is 0 Å². The Morgan fingerprint density at radius 1 is 0.889 bits per heavy atom. The molecule has 0 aromatic carbocycles. The van der Waals surface area contributed by atoms with Gasteiger partial charge in [-0.3, -0.25) is 0 Å². The molecule has 1 N–H and O–H groups in total. The van der Waals surface area contributed by atoms with Crippen molar-refractivity contribution in [1.82, 2.24) is 0 Å². The van der Waals surface area contributed by atoms with Gasteiger partial charge in [0.05, 0.1) is 0 Å². The maximum Gasteiger partial charge on any atom is 0.0402 e. The first kappa shape index (κ1) is 36.2. The molecule has 0 amide bonds. The summed E-state index contributed by atoms with van der Waals surface area (Å²) < 4.78 is 0. The summed E-state index contributed by atoms with van der Waals surface area (Å²) in [7, 11) is 0. The normalized spacial score (nSPS) is 4.00. The maximum atomic E-state index is 7.57. The van der Waals surface area contributed by atoms with Crippen LogP contribution in [-0.4, -0.2) is 11.7 Å². The molecular weight excluding hydrogens is 112 g/mol. The largest absolute Gasteiger partial charge is 0.397 e. The van der Waals surface area contributed by atoms with E-state index >= 15 is 0 Å². The average Bonchev–Trinajstić information content (AvgIpc) is 1.39. The molecular formula is C8H26O. The molecule has 0 saturated heterocycles. The van der Waals surface area contributed by atoms with Crippen molar-refractivity contribution in [2.24, 2.45) is 0 Å². The second kappa shape index (κ2) is 100. The monoisotopic (exact) mass is 138 g/mol. The van der Waals surface area contributed by atoms with Gasteiger partial charge >= 0.3 is 0 Å². The molecule has 0 aliphatic rings. The Bertz CT molecular complexity index is 6.53. The van der Waals surface area contributed by atoms with E-state index in [0.717, 1.165) is 0 Å². The first-order valence-electron chi connectivity index (χ1n) is 2.44. The second-order valence-electron chi connectivity index (χ2n) is 1.02. The highest BCUT2D eigenvalue weighted by Gasteiger charge is 1.35. The lowest BCUT2D eigenvalue weighted by Gasteiger charge is -1.52. The molecule has 1 heteroatoms. The Labute approximate surface area is 62.1 Å². The fourth-order valence-corrected chi connectivity index (χ4v) is 0. The van der Waals surface area contributed by atoms with E-state index in [4.69, 9.17) is 5.11 Å². The van der Waals surface area contributed by atoms with Crippen LogP contribution in [0.3, 0.4) is 0 Å². The summed E-state index contributed by atoms with van der Waals surface area (Å²) in [5.74, 6) is 0. The number of aliphatic hydroxyl groups is 1. The first-order chi connectivity index (χ1) is 2.83. The number of rotatable bonds is 0. The molecule has 0 aromatic heterocycles. The van der Waals surface area contributed by atoms with Crippen LogP contribution >= 0.6 is 0 Å². The van der Waals surface area contributed by atoms with Crippen LogP contribution in [0.25, 0.3) is 0 Å². The Kier molecular flexibility index (Phi) is 404. The smallest absolute Gasteiger partial charge is 0.0402 e. The third-order valence-electron chi connectivity index (χ3n) is 0. The van der Waals surface area contributed by atoms with E-state index in [1.54, 1.807) is 6.92 Å². The summed E-state index contributed by atoms with van der Waals surface area (Å²) in [6.45, 7) is 6.18. The SMILES string of the molecule is C.C.C.CCC.CCO. The minimum absolute atomic E-state index is 0. The molecule has 0 radical (unpaired) electrons. The fourth-order valence-electron chi connectivity index (χ4n) is 0. The van der Waals surface area contributed by atoms with Crippen LogP contribution in [0.4, 0.5) is 0 Å². The third-order valence-corrected chi connectivity index (χ3v) is 0. The van der Waals surface area contributed by atoms with Gasteiger partial charge in [-0.25, -0.2) is 0 Å². The van der Waals surface area contributed by atoms with Gasteiger partial charge in [0.2, 0.25) is 0 Å². The van der Waals surface area contributed by atoms with Crippen molar-refractivity contribution in [3.8, 4) is 0 Å². The minimum Gasteiger partial charge on any atom is -0.397 e. The van der Waals surface area contributed by atoms with Gasteiger partial charge in [-0.1, -0.05) is 42.5 Å². The van der Waals surface area contributed by atoms with E-state index in [-0.39, 0.29) is 28.9 Å². The van der Waals surface area contributed by atoms with Crippen LogP contribution in [0.2, 0.25) is 0 Å². The highest BCUT2D eigenvalue weighted by atomic mass is 16.2. The minimum atomic E-state index is 0. The van der Waals surface area contributed by atoms with Crippen molar-refractivity contribution < 1.29 is 5.11 Å². The van der Waals surface area contributed by atoms with Crippen LogP contribution in [0, 0.1) is 0 Å². The van der Waals surface area contributed by atoms with Gasteiger partial charge < -0.3 is 5.11 Å². The molecule has 9 heavy (non-hydrogen) atoms. The van der Waals surface area contributed by atoms with Crippen molar-refractivity contribution in [2.45, 2.75) is 49.5 Å². The van der Waals surface area contributed by atoms with Gasteiger partial charge in [0, 0.05) is 6.61 Å². The zero-order valence-corrected chi connectivity index (χ0v) is 4.86. The molecule has 0 fully saturated rings. The Balaban J connectivity index is -0.00000000889. The summed E-state index contributed by atoms with van der Waals surface area (Å²) in [6, 6.07) is 0. The van der Waals surface area contributed by atoms with Gasteiger partial charge in [0.25, 0.3) is 0 Å². The molecule has 0 aliphatic carbocycles. The third kappa shape index (κ3) is 177000. The van der Waals surface area contributed by atoms with Crippen LogP contribution < -0.4 is 0 Å². The molecule has 1 nitrogen and oxygen atoms in total. The van der Waals surface area contributed by atoms with Crippen LogP contribution in [0.1, 0.15) is 49.5 Å². The summed E-state index contributed by atoms with van der Waals surface area (Å²) in [4.78, 5) is 0. The lowest BCUT2D eigenvalue weighted by molar-refractivity contribution is 0.318. The van der Waals surface area contributed by atoms with E-state index in [1.165, 1.54) is 6.42 Å². The van der Waals surface area contributed by atoms with E-state index in [2.05, 4.69) is 13.8 Å². The molecule has 0 atom stereocenters. The molecule has 0 heterocycles. The Morgan fingerprint density at radius 2 is 0.889 bits per heavy atom. The summed E-state index contributed by atoms with van der Waals surface area (Å²) in [5, 5.41) is 7.57. The van der Waals surface area contributed by atoms with Gasteiger partial charge in [0.15, 0.2) is 0 Å². The highest BCUT2D eigenvalue weighted by molar-refractivity contribution is 3.92. The molecule has 0 rings (SSSR count). The predicted molar refractivity (Wildman–Crippen MR) is 48.9 cm³/mol. The number of hydrogen-bond donors (Lipinski definition) is 1. The Hall–Kier alpha value is -0.0400. The molecule has 0 aromatic rings. The quantitative estimate of drug-likeness (QED) is 0.544. The van der Waals surface area contributed by atoms with E-state index < -0.39 is 0 Å². The van der Waals surface area contributed by atoms with Gasteiger partial charge in [-0.2, -0.15) is 0 Å². The molecule has 0 bridgehead atoms. The van der Waals surface area contributed by atoms with Crippen LogP contribution in [-0.2, 0) is 0 Å². The van der Waals surface area contributed by atoms with Gasteiger partial charge in [0.1, 0.15) is 0 Å². The molecule has 0 aliphatic heterocycles. The number of aliphatic hydroxyl groups excluding tert-OH is 1. The van der Waals surface area contributed by atoms with Crippen molar-refractivity contribution in [3.05, 3.63) is 0 Å². The van der Waals surface area contributed by atoms with Gasteiger partial charge in [-0.15, -0.1) is 0 Å². The predicted octanol–water partition coefficient (Wildman–Crippen LogP) is 3.32. The molecule has 0 unspecified atom stereocenters. The molecule has 0 spiro atoms. The maximum absolute atomic E-state index is 7.57. The first-order valence-corrected chi connectivity index (χ1v) is 2.44. The van der Waals surface area contributed by atoms with Crippen molar-refractivity contribution >= 4 is 0 Å². The summed E-state index contributed by atoms with van der Waals surface area (Å²) >= 11 is 0. The average molecular weight is 138 g/mol. The lowest BCUT2D eigenvalue weighted by atomic mass is 10.6. The second-order valence-corrected chi connectivity index (χ2v) is 1.02. The van der Waals surface area contributed by atoms with E-state index in [9.17, 15) is 0 Å². The fraction of sp³-hybridized carbons (Fsp3) is 1.00. The van der Waals surface area contributed by atoms with Crippen LogP contribution in [0.15, 0.2) is 0 Å². The van der Waals surface area contributed by atoms with E-state index in [0.29, 0.717) is 0 Å². The topological polar surface area (TPSA) is 20.2 Å². The van der Waals surface area contributed by atoms with Crippen LogP contribution in [0.5, 0.6) is 0 Å². The van der Waals surface area contributed by atoms with Crippen molar-refractivity contribution in [1.29, 1.82) is 0 Å². The zero-order chi connectivity index (χ0) is 5.41. The molecule has 0 saturated carbocycles. The summed E-state index contributed by atoms with van der Waals surface area (Å²) in [6.07, 6.45) is 1.25.